The second-order valence-electron chi connectivity index (χ2n) is 3.84. The molecule has 0 bridgehead atoms. The number of hydrogen-bond donors (Lipinski definition) is 1. The van der Waals surface area contributed by atoms with E-state index in [2.05, 4.69) is 34.1 Å². The van der Waals surface area contributed by atoms with Gasteiger partial charge in [-0.3, -0.25) is 4.98 Å². The predicted molar refractivity (Wildman–Crippen MR) is 73.7 cm³/mol. The summed E-state index contributed by atoms with van der Waals surface area (Å²) in [6.45, 7) is 3.13. The van der Waals surface area contributed by atoms with Gasteiger partial charge in [0.1, 0.15) is 0 Å². The molecule has 17 heavy (non-hydrogen) atoms. The van der Waals surface area contributed by atoms with Crippen LogP contribution >= 0.6 is 22.9 Å². The Balaban J connectivity index is 2.30. The molecule has 0 spiro atoms. The number of nitrogens with zero attached hydrogens (tertiary/aromatic N) is 1. The van der Waals surface area contributed by atoms with Crippen LogP contribution < -0.4 is 5.32 Å². The highest BCUT2D eigenvalue weighted by Gasteiger charge is 2.16. The van der Waals surface area contributed by atoms with Crippen molar-refractivity contribution in [2.75, 3.05) is 6.54 Å². The molecule has 0 aliphatic rings. The van der Waals surface area contributed by atoms with Gasteiger partial charge in [0.25, 0.3) is 0 Å². The molecular weight excluding hydrogens is 252 g/mol. The minimum Gasteiger partial charge on any atom is -0.306 e. The van der Waals surface area contributed by atoms with Crippen LogP contribution in [0.15, 0.2) is 35.3 Å². The van der Waals surface area contributed by atoms with Crippen molar-refractivity contribution in [3.05, 3.63) is 51.4 Å². The SMILES string of the molecule is CCCNC(c1ccsc1)c1ccncc1Cl. The monoisotopic (exact) mass is 266 g/mol. The van der Waals surface area contributed by atoms with E-state index in [4.69, 9.17) is 11.6 Å². The smallest absolute Gasteiger partial charge is 0.0640 e. The molecule has 2 rings (SSSR count). The second-order valence-corrected chi connectivity index (χ2v) is 5.03. The summed E-state index contributed by atoms with van der Waals surface area (Å²) in [5.74, 6) is 0. The van der Waals surface area contributed by atoms with Crippen molar-refractivity contribution in [3.8, 4) is 0 Å². The first-order valence-electron chi connectivity index (χ1n) is 5.67. The van der Waals surface area contributed by atoms with Gasteiger partial charge in [-0.15, -0.1) is 0 Å². The Morgan fingerprint density at radius 2 is 2.35 bits per heavy atom. The van der Waals surface area contributed by atoms with Gasteiger partial charge in [-0.05, 0) is 47.0 Å². The van der Waals surface area contributed by atoms with E-state index in [1.165, 1.54) is 5.56 Å². The molecular formula is C13H15ClN2S. The zero-order chi connectivity index (χ0) is 12.1. The van der Waals surface area contributed by atoms with E-state index >= 15 is 0 Å². The fourth-order valence-electron chi connectivity index (χ4n) is 1.76. The lowest BCUT2D eigenvalue weighted by Gasteiger charge is -2.19. The van der Waals surface area contributed by atoms with Gasteiger partial charge in [-0.25, -0.2) is 0 Å². The molecule has 1 unspecified atom stereocenters. The van der Waals surface area contributed by atoms with Crippen LogP contribution in [0.1, 0.15) is 30.5 Å². The van der Waals surface area contributed by atoms with Crippen molar-refractivity contribution in [1.82, 2.24) is 10.3 Å². The summed E-state index contributed by atoms with van der Waals surface area (Å²) >= 11 is 7.92. The maximum atomic E-state index is 6.22. The molecule has 4 heteroatoms. The number of rotatable bonds is 5. The normalized spacial score (nSPS) is 12.6. The van der Waals surface area contributed by atoms with Crippen LogP contribution in [0.25, 0.3) is 0 Å². The minimum absolute atomic E-state index is 0.164. The average molecular weight is 267 g/mol. The maximum Gasteiger partial charge on any atom is 0.0640 e. The molecule has 90 valence electrons. The first kappa shape index (κ1) is 12.6. The Hall–Kier alpha value is -0.900. The van der Waals surface area contributed by atoms with Crippen molar-refractivity contribution in [1.29, 1.82) is 0 Å². The van der Waals surface area contributed by atoms with E-state index in [0.717, 1.165) is 18.5 Å². The number of thiophene rings is 1. The van der Waals surface area contributed by atoms with E-state index in [1.807, 2.05) is 6.07 Å². The highest BCUT2D eigenvalue weighted by Crippen LogP contribution is 2.28. The van der Waals surface area contributed by atoms with Crippen molar-refractivity contribution >= 4 is 22.9 Å². The molecule has 0 saturated heterocycles. The predicted octanol–water partition coefficient (Wildman–Crippen LogP) is 3.89. The first-order valence-corrected chi connectivity index (χ1v) is 7.00. The number of pyridine rings is 1. The molecule has 0 aliphatic carbocycles. The summed E-state index contributed by atoms with van der Waals surface area (Å²) in [4.78, 5) is 4.03. The van der Waals surface area contributed by atoms with E-state index in [9.17, 15) is 0 Å². The van der Waals surface area contributed by atoms with E-state index in [0.29, 0.717) is 5.02 Å². The minimum atomic E-state index is 0.164. The molecule has 0 aromatic carbocycles. The highest BCUT2D eigenvalue weighted by atomic mass is 35.5. The fraction of sp³-hybridized carbons (Fsp3) is 0.308. The van der Waals surface area contributed by atoms with E-state index in [-0.39, 0.29) is 6.04 Å². The van der Waals surface area contributed by atoms with E-state index < -0.39 is 0 Å². The van der Waals surface area contributed by atoms with Crippen LogP contribution in [-0.4, -0.2) is 11.5 Å². The molecule has 0 aliphatic heterocycles. The molecule has 2 aromatic rings. The summed E-state index contributed by atoms with van der Waals surface area (Å²) in [7, 11) is 0. The molecule has 2 nitrogen and oxygen atoms in total. The van der Waals surface area contributed by atoms with Crippen LogP contribution in [0.4, 0.5) is 0 Å². The van der Waals surface area contributed by atoms with Crippen LogP contribution in [0.5, 0.6) is 0 Å². The summed E-state index contributed by atoms with van der Waals surface area (Å²) in [5, 5.41) is 8.48. The number of nitrogens with one attached hydrogen (secondary N) is 1. The van der Waals surface area contributed by atoms with Gasteiger partial charge < -0.3 is 5.32 Å². The lowest BCUT2D eigenvalue weighted by atomic mass is 10.0. The van der Waals surface area contributed by atoms with Crippen molar-refractivity contribution in [2.24, 2.45) is 0 Å². The lowest BCUT2D eigenvalue weighted by Crippen LogP contribution is -2.23. The third-order valence-electron chi connectivity index (χ3n) is 2.59. The Morgan fingerprint density at radius 1 is 1.47 bits per heavy atom. The van der Waals surface area contributed by atoms with Crippen LogP contribution in [0.3, 0.4) is 0 Å². The molecule has 0 fully saturated rings. The van der Waals surface area contributed by atoms with Crippen LogP contribution in [0, 0.1) is 0 Å². The topological polar surface area (TPSA) is 24.9 Å². The molecule has 1 N–H and O–H groups in total. The van der Waals surface area contributed by atoms with Crippen LogP contribution in [0.2, 0.25) is 5.02 Å². The lowest BCUT2D eigenvalue weighted by molar-refractivity contribution is 0.599. The molecule has 0 radical (unpaired) electrons. The zero-order valence-corrected chi connectivity index (χ0v) is 11.3. The molecule has 0 amide bonds. The highest BCUT2D eigenvalue weighted by molar-refractivity contribution is 7.08. The van der Waals surface area contributed by atoms with Gasteiger partial charge in [0, 0.05) is 12.4 Å². The average Bonchev–Trinajstić information content (AvgIpc) is 2.85. The largest absolute Gasteiger partial charge is 0.306 e. The van der Waals surface area contributed by atoms with Gasteiger partial charge in [0.05, 0.1) is 11.1 Å². The van der Waals surface area contributed by atoms with Gasteiger partial charge in [-0.2, -0.15) is 11.3 Å². The third-order valence-corrected chi connectivity index (χ3v) is 3.61. The molecule has 1 atom stereocenters. The van der Waals surface area contributed by atoms with Crippen molar-refractivity contribution in [3.63, 3.8) is 0 Å². The first-order chi connectivity index (χ1) is 8.33. The zero-order valence-electron chi connectivity index (χ0n) is 9.69. The van der Waals surface area contributed by atoms with Gasteiger partial charge in [0.2, 0.25) is 0 Å². The molecule has 2 aromatic heterocycles. The number of hydrogen-bond acceptors (Lipinski definition) is 3. The molecule has 0 saturated carbocycles. The number of aromatic nitrogens is 1. The Kier molecular flexibility index (Phi) is 4.54. The third kappa shape index (κ3) is 3.06. The van der Waals surface area contributed by atoms with Gasteiger partial charge in [0.15, 0.2) is 0 Å². The summed E-state index contributed by atoms with van der Waals surface area (Å²) in [6, 6.07) is 4.28. The summed E-state index contributed by atoms with van der Waals surface area (Å²) in [6.07, 6.45) is 4.58. The van der Waals surface area contributed by atoms with Crippen molar-refractivity contribution < 1.29 is 0 Å². The quantitative estimate of drug-likeness (QED) is 0.888. The Labute approximate surface area is 111 Å². The molecule has 2 heterocycles. The maximum absolute atomic E-state index is 6.22. The number of halogens is 1. The van der Waals surface area contributed by atoms with Gasteiger partial charge in [-0.1, -0.05) is 18.5 Å². The standard InChI is InChI=1S/C13H15ClN2S/c1-2-5-16-13(10-4-7-17-9-10)11-3-6-15-8-12(11)14/h3-4,6-9,13,16H,2,5H2,1H3. The van der Waals surface area contributed by atoms with Crippen molar-refractivity contribution in [2.45, 2.75) is 19.4 Å². The second kappa shape index (κ2) is 6.15. The summed E-state index contributed by atoms with van der Waals surface area (Å²) in [5.41, 5.74) is 2.35. The Morgan fingerprint density at radius 3 is 3.00 bits per heavy atom. The summed E-state index contributed by atoms with van der Waals surface area (Å²) < 4.78 is 0. The fourth-order valence-corrected chi connectivity index (χ4v) is 2.67. The van der Waals surface area contributed by atoms with Gasteiger partial charge >= 0.3 is 0 Å². The van der Waals surface area contributed by atoms with Crippen LogP contribution in [-0.2, 0) is 0 Å². The van der Waals surface area contributed by atoms with E-state index in [1.54, 1.807) is 23.7 Å². The Bertz CT molecular complexity index is 456.